The van der Waals surface area contributed by atoms with Crippen LogP contribution in [0.15, 0.2) is 65.6 Å². The Morgan fingerprint density at radius 1 is 1.00 bits per heavy atom. The second-order valence-corrected chi connectivity index (χ2v) is 5.62. The third kappa shape index (κ3) is 3.74. The molecule has 1 heterocycles. The SMILES string of the molecule is Cn1cc(C(=O)NCC(=O)Nc2cccc3ccccc23)ccc1=O. The van der Waals surface area contributed by atoms with Gasteiger partial charge in [0.05, 0.1) is 12.1 Å². The molecular weight excluding hydrogens is 318 g/mol. The summed E-state index contributed by atoms with van der Waals surface area (Å²) in [6.45, 7) is -0.162. The lowest BCUT2D eigenvalue weighted by atomic mass is 10.1. The maximum absolute atomic E-state index is 12.1. The number of pyridine rings is 1. The van der Waals surface area contributed by atoms with Crippen molar-refractivity contribution in [2.45, 2.75) is 0 Å². The lowest BCUT2D eigenvalue weighted by Gasteiger charge is -2.10. The molecule has 1 aromatic heterocycles. The van der Waals surface area contributed by atoms with Crippen molar-refractivity contribution in [3.05, 3.63) is 76.7 Å². The highest BCUT2D eigenvalue weighted by Gasteiger charge is 2.10. The molecule has 0 bridgehead atoms. The van der Waals surface area contributed by atoms with Crippen molar-refractivity contribution >= 4 is 28.3 Å². The van der Waals surface area contributed by atoms with Crippen molar-refractivity contribution in [3.8, 4) is 0 Å². The number of benzene rings is 2. The molecule has 0 atom stereocenters. The Morgan fingerprint density at radius 2 is 1.76 bits per heavy atom. The van der Waals surface area contributed by atoms with Crippen molar-refractivity contribution in [3.63, 3.8) is 0 Å². The predicted molar refractivity (Wildman–Crippen MR) is 96.6 cm³/mol. The van der Waals surface area contributed by atoms with Crippen molar-refractivity contribution < 1.29 is 9.59 Å². The number of hydrogen-bond acceptors (Lipinski definition) is 3. The molecular formula is C19H17N3O3. The number of fused-ring (bicyclic) bond motifs is 1. The zero-order valence-electron chi connectivity index (χ0n) is 13.7. The quantitative estimate of drug-likeness (QED) is 0.764. The van der Waals surface area contributed by atoms with Gasteiger partial charge < -0.3 is 15.2 Å². The minimum Gasteiger partial charge on any atom is -0.343 e. The van der Waals surface area contributed by atoms with E-state index in [4.69, 9.17) is 0 Å². The number of nitrogens with zero attached hydrogens (tertiary/aromatic N) is 1. The third-order valence-corrected chi connectivity index (χ3v) is 3.82. The molecule has 2 N–H and O–H groups in total. The lowest BCUT2D eigenvalue weighted by Crippen LogP contribution is -2.33. The van der Waals surface area contributed by atoms with Crippen LogP contribution in [0.1, 0.15) is 10.4 Å². The molecule has 0 saturated heterocycles. The van der Waals surface area contributed by atoms with E-state index in [-0.39, 0.29) is 18.0 Å². The van der Waals surface area contributed by atoms with Gasteiger partial charge >= 0.3 is 0 Å². The molecule has 2 amide bonds. The smallest absolute Gasteiger partial charge is 0.253 e. The van der Waals surface area contributed by atoms with Gasteiger partial charge in [-0.3, -0.25) is 14.4 Å². The average molecular weight is 335 g/mol. The fourth-order valence-electron chi connectivity index (χ4n) is 2.52. The Balaban J connectivity index is 1.65. The molecule has 3 rings (SSSR count). The molecule has 6 heteroatoms. The maximum atomic E-state index is 12.1. The van der Waals surface area contributed by atoms with Crippen molar-refractivity contribution in [2.24, 2.45) is 7.05 Å². The summed E-state index contributed by atoms with van der Waals surface area (Å²) >= 11 is 0. The van der Waals surface area contributed by atoms with E-state index in [9.17, 15) is 14.4 Å². The van der Waals surface area contributed by atoms with Crippen LogP contribution in [0.25, 0.3) is 10.8 Å². The molecule has 0 aliphatic carbocycles. The molecule has 126 valence electrons. The minimum atomic E-state index is -0.413. The summed E-state index contributed by atoms with van der Waals surface area (Å²) in [5, 5.41) is 7.31. The van der Waals surface area contributed by atoms with Crippen LogP contribution >= 0.6 is 0 Å². The topological polar surface area (TPSA) is 80.2 Å². The van der Waals surface area contributed by atoms with Gasteiger partial charge in [-0.1, -0.05) is 36.4 Å². The largest absolute Gasteiger partial charge is 0.343 e. The van der Waals surface area contributed by atoms with Gasteiger partial charge in [0.15, 0.2) is 0 Å². The molecule has 0 radical (unpaired) electrons. The highest BCUT2D eigenvalue weighted by molar-refractivity contribution is 6.04. The lowest BCUT2D eigenvalue weighted by molar-refractivity contribution is -0.115. The molecule has 3 aromatic rings. The van der Waals surface area contributed by atoms with Crippen LogP contribution in [-0.2, 0) is 11.8 Å². The summed E-state index contributed by atoms with van der Waals surface area (Å²) in [5.41, 5.74) is 0.810. The first-order chi connectivity index (χ1) is 12.0. The number of hydrogen-bond donors (Lipinski definition) is 2. The van der Waals surface area contributed by atoms with E-state index >= 15 is 0 Å². The van der Waals surface area contributed by atoms with Gasteiger partial charge in [0, 0.05) is 30.4 Å². The first kappa shape index (κ1) is 16.4. The van der Waals surface area contributed by atoms with Crippen LogP contribution in [0.5, 0.6) is 0 Å². The normalized spacial score (nSPS) is 10.4. The number of carbonyl (C=O) groups is 2. The summed E-state index contributed by atoms with van der Waals surface area (Å²) in [6.07, 6.45) is 1.43. The van der Waals surface area contributed by atoms with Gasteiger partial charge in [0.2, 0.25) is 11.5 Å². The van der Waals surface area contributed by atoms with Crippen LogP contribution in [-0.4, -0.2) is 22.9 Å². The Kier molecular flexibility index (Phi) is 4.61. The fraction of sp³-hybridized carbons (Fsp3) is 0.105. The molecule has 25 heavy (non-hydrogen) atoms. The highest BCUT2D eigenvalue weighted by atomic mass is 16.2. The van der Waals surface area contributed by atoms with Gasteiger partial charge in [-0.25, -0.2) is 0 Å². The molecule has 6 nitrogen and oxygen atoms in total. The van der Waals surface area contributed by atoms with Crippen LogP contribution in [0.2, 0.25) is 0 Å². The monoisotopic (exact) mass is 335 g/mol. The van der Waals surface area contributed by atoms with Crippen molar-refractivity contribution in [1.82, 2.24) is 9.88 Å². The Labute approximate surface area is 144 Å². The van der Waals surface area contributed by atoms with E-state index in [2.05, 4.69) is 10.6 Å². The van der Waals surface area contributed by atoms with Gasteiger partial charge in [0.25, 0.3) is 5.91 Å². The highest BCUT2D eigenvalue weighted by Crippen LogP contribution is 2.22. The average Bonchev–Trinajstić information content (AvgIpc) is 2.62. The second kappa shape index (κ2) is 7.00. The Morgan fingerprint density at radius 3 is 2.56 bits per heavy atom. The number of rotatable bonds is 4. The van der Waals surface area contributed by atoms with E-state index < -0.39 is 5.91 Å². The molecule has 0 spiro atoms. The predicted octanol–water partition coefficient (Wildman–Crippen LogP) is 1.91. The first-order valence-corrected chi connectivity index (χ1v) is 7.77. The van der Waals surface area contributed by atoms with E-state index in [1.54, 1.807) is 7.05 Å². The number of carbonyl (C=O) groups excluding carboxylic acids is 2. The van der Waals surface area contributed by atoms with Crippen molar-refractivity contribution in [2.75, 3.05) is 11.9 Å². The number of anilines is 1. The summed E-state index contributed by atoms with van der Waals surface area (Å²) in [5.74, 6) is -0.738. The Hall–Kier alpha value is -3.41. The van der Waals surface area contributed by atoms with Crippen LogP contribution in [0, 0.1) is 0 Å². The summed E-state index contributed by atoms with van der Waals surface area (Å²) < 4.78 is 1.31. The molecule has 2 aromatic carbocycles. The van der Waals surface area contributed by atoms with Gasteiger partial charge in [-0.05, 0) is 17.5 Å². The second-order valence-electron chi connectivity index (χ2n) is 5.62. The first-order valence-electron chi connectivity index (χ1n) is 7.77. The number of aromatic nitrogens is 1. The van der Waals surface area contributed by atoms with Crippen LogP contribution in [0.4, 0.5) is 5.69 Å². The van der Waals surface area contributed by atoms with Crippen LogP contribution in [0.3, 0.4) is 0 Å². The van der Waals surface area contributed by atoms with Crippen molar-refractivity contribution in [1.29, 1.82) is 0 Å². The molecule has 0 unspecified atom stereocenters. The fourth-order valence-corrected chi connectivity index (χ4v) is 2.52. The van der Waals surface area contributed by atoms with Gasteiger partial charge in [0.1, 0.15) is 0 Å². The number of amides is 2. The van der Waals surface area contributed by atoms with Gasteiger partial charge in [-0.2, -0.15) is 0 Å². The maximum Gasteiger partial charge on any atom is 0.253 e. The summed E-state index contributed by atoms with van der Waals surface area (Å²) in [4.78, 5) is 35.5. The zero-order valence-corrected chi connectivity index (χ0v) is 13.7. The van der Waals surface area contributed by atoms with Crippen LogP contribution < -0.4 is 16.2 Å². The van der Waals surface area contributed by atoms with E-state index in [0.29, 0.717) is 11.3 Å². The van der Waals surface area contributed by atoms with E-state index in [0.717, 1.165) is 10.8 Å². The zero-order chi connectivity index (χ0) is 17.8. The summed E-state index contributed by atoms with van der Waals surface area (Å²) in [6, 6.07) is 16.1. The standard InChI is InChI=1S/C19H17N3O3/c1-22-12-14(9-10-18(22)24)19(25)20-11-17(23)21-16-8-4-6-13-5-2-3-7-15(13)16/h2-10,12H,11H2,1H3,(H,20,25)(H,21,23). The minimum absolute atomic E-state index is 0.162. The molecule has 0 saturated carbocycles. The molecule has 0 aliphatic heterocycles. The molecule has 0 fully saturated rings. The number of aryl methyl sites for hydroxylation is 1. The number of nitrogens with one attached hydrogen (secondary N) is 2. The Bertz CT molecular complexity index is 1000. The summed E-state index contributed by atoms with van der Waals surface area (Å²) in [7, 11) is 1.56. The van der Waals surface area contributed by atoms with Gasteiger partial charge in [-0.15, -0.1) is 0 Å². The van der Waals surface area contributed by atoms with E-state index in [1.165, 1.54) is 22.9 Å². The molecule has 0 aliphatic rings. The van der Waals surface area contributed by atoms with E-state index in [1.807, 2.05) is 42.5 Å². The third-order valence-electron chi connectivity index (χ3n) is 3.82.